The maximum Gasteiger partial charge on any atom is 0.220 e. The van der Waals surface area contributed by atoms with Gasteiger partial charge < -0.3 is 10.3 Å². The number of carbonyl (C=O) groups excluding carboxylic acids is 1. The first kappa shape index (κ1) is 13.1. The number of aromatic nitrogens is 2. The fourth-order valence-corrected chi connectivity index (χ4v) is 2.69. The first-order chi connectivity index (χ1) is 8.84. The van der Waals surface area contributed by atoms with Crippen LogP contribution in [0.4, 0.5) is 0 Å². The van der Waals surface area contributed by atoms with Crippen molar-refractivity contribution in [3.8, 4) is 0 Å². The normalized spacial score (nSPS) is 16.7. The van der Waals surface area contributed by atoms with Crippen LogP contribution in [0.1, 0.15) is 57.2 Å². The maximum atomic E-state index is 11.6. The van der Waals surface area contributed by atoms with Crippen LogP contribution >= 0.6 is 0 Å². The van der Waals surface area contributed by atoms with Crippen molar-refractivity contribution in [1.29, 1.82) is 0 Å². The smallest absolute Gasteiger partial charge is 0.220 e. The van der Waals surface area contributed by atoms with Crippen molar-refractivity contribution in [1.82, 2.24) is 15.3 Å². The van der Waals surface area contributed by atoms with Crippen molar-refractivity contribution >= 4 is 5.91 Å². The second kappa shape index (κ2) is 7.19. The summed E-state index contributed by atoms with van der Waals surface area (Å²) in [5.74, 6) is 1.83. The molecule has 1 fully saturated rings. The van der Waals surface area contributed by atoms with Crippen LogP contribution in [-0.4, -0.2) is 15.9 Å². The van der Waals surface area contributed by atoms with Gasteiger partial charge in [-0.3, -0.25) is 4.79 Å². The third-order valence-electron chi connectivity index (χ3n) is 3.75. The Bertz CT molecular complexity index is 342. The average Bonchev–Trinajstić information content (AvgIpc) is 2.91. The van der Waals surface area contributed by atoms with Gasteiger partial charge in [0.25, 0.3) is 0 Å². The largest absolute Gasteiger partial charge is 0.349 e. The highest BCUT2D eigenvalue weighted by Crippen LogP contribution is 2.27. The highest BCUT2D eigenvalue weighted by atomic mass is 16.1. The van der Waals surface area contributed by atoms with Crippen LogP contribution in [0.25, 0.3) is 0 Å². The molecule has 1 aliphatic rings. The van der Waals surface area contributed by atoms with E-state index in [1.54, 1.807) is 12.4 Å². The lowest BCUT2D eigenvalue weighted by atomic mass is 9.86. The maximum absolute atomic E-state index is 11.6. The van der Waals surface area contributed by atoms with E-state index in [0.29, 0.717) is 13.0 Å². The van der Waals surface area contributed by atoms with Gasteiger partial charge >= 0.3 is 0 Å². The van der Waals surface area contributed by atoms with Gasteiger partial charge in [0.15, 0.2) is 0 Å². The monoisotopic (exact) mass is 249 g/mol. The summed E-state index contributed by atoms with van der Waals surface area (Å²) in [4.78, 5) is 18.7. The van der Waals surface area contributed by atoms with Gasteiger partial charge in [-0.25, -0.2) is 4.98 Å². The van der Waals surface area contributed by atoms with Gasteiger partial charge in [0.05, 0.1) is 6.54 Å². The summed E-state index contributed by atoms with van der Waals surface area (Å²) >= 11 is 0. The molecule has 0 spiro atoms. The van der Waals surface area contributed by atoms with Crippen molar-refractivity contribution in [2.75, 3.05) is 0 Å². The first-order valence-electron chi connectivity index (χ1n) is 7.09. The third-order valence-corrected chi connectivity index (χ3v) is 3.75. The van der Waals surface area contributed by atoms with Crippen molar-refractivity contribution in [3.05, 3.63) is 18.2 Å². The molecule has 4 nitrogen and oxygen atoms in total. The van der Waals surface area contributed by atoms with Crippen LogP contribution in [0.2, 0.25) is 0 Å². The van der Waals surface area contributed by atoms with Crippen LogP contribution in [0.3, 0.4) is 0 Å². The number of hydrogen-bond acceptors (Lipinski definition) is 2. The summed E-state index contributed by atoms with van der Waals surface area (Å²) in [5, 5.41) is 2.89. The molecule has 1 saturated carbocycles. The Morgan fingerprint density at radius 2 is 2.22 bits per heavy atom. The average molecular weight is 249 g/mol. The summed E-state index contributed by atoms with van der Waals surface area (Å²) in [6.07, 6.45) is 13.3. The minimum atomic E-state index is 0.141. The molecule has 1 aromatic heterocycles. The van der Waals surface area contributed by atoms with E-state index in [0.717, 1.165) is 18.2 Å². The molecule has 0 unspecified atom stereocenters. The number of carbonyl (C=O) groups is 1. The van der Waals surface area contributed by atoms with Gasteiger partial charge in [0.2, 0.25) is 5.91 Å². The number of nitrogens with zero attached hydrogens (tertiary/aromatic N) is 1. The van der Waals surface area contributed by atoms with E-state index in [1.807, 2.05) is 0 Å². The molecule has 0 radical (unpaired) electrons. The Morgan fingerprint density at radius 1 is 1.39 bits per heavy atom. The zero-order chi connectivity index (χ0) is 12.6. The second-order valence-corrected chi connectivity index (χ2v) is 5.21. The van der Waals surface area contributed by atoms with E-state index >= 15 is 0 Å². The molecular weight excluding hydrogens is 226 g/mol. The van der Waals surface area contributed by atoms with Gasteiger partial charge in [-0.2, -0.15) is 0 Å². The molecule has 1 aliphatic carbocycles. The lowest BCUT2D eigenvalue weighted by Gasteiger charge is -2.21. The van der Waals surface area contributed by atoms with Crippen LogP contribution in [0, 0.1) is 5.92 Å². The topological polar surface area (TPSA) is 57.8 Å². The number of H-pyrrole nitrogens is 1. The van der Waals surface area contributed by atoms with E-state index in [-0.39, 0.29) is 5.91 Å². The Kier molecular flexibility index (Phi) is 5.24. The molecule has 100 valence electrons. The van der Waals surface area contributed by atoms with Crippen molar-refractivity contribution in [2.45, 2.75) is 57.9 Å². The van der Waals surface area contributed by atoms with E-state index in [4.69, 9.17) is 0 Å². The minimum absolute atomic E-state index is 0.141. The van der Waals surface area contributed by atoms with Gasteiger partial charge in [0.1, 0.15) is 5.82 Å². The van der Waals surface area contributed by atoms with Crippen LogP contribution < -0.4 is 5.32 Å². The third kappa shape index (κ3) is 4.51. The van der Waals surface area contributed by atoms with E-state index < -0.39 is 0 Å². The highest BCUT2D eigenvalue weighted by molar-refractivity contribution is 5.75. The quantitative estimate of drug-likeness (QED) is 0.814. The predicted octanol–water partition coefficient (Wildman–Crippen LogP) is 2.78. The van der Waals surface area contributed by atoms with Gasteiger partial charge in [-0.05, 0) is 18.8 Å². The number of aromatic amines is 1. The van der Waals surface area contributed by atoms with Gasteiger partial charge in [-0.15, -0.1) is 0 Å². The number of amides is 1. The Morgan fingerprint density at radius 3 is 2.94 bits per heavy atom. The summed E-state index contributed by atoms with van der Waals surface area (Å²) in [6, 6.07) is 0. The predicted molar refractivity (Wildman–Crippen MR) is 70.9 cm³/mol. The molecule has 0 aliphatic heterocycles. The first-order valence-corrected chi connectivity index (χ1v) is 7.09. The SMILES string of the molecule is O=C(CCCC1CCCCC1)NCc1ncc[nH]1. The Hall–Kier alpha value is -1.32. The Balaban J connectivity index is 1.54. The van der Waals surface area contributed by atoms with Crippen LogP contribution in [0.15, 0.2) is 12.4 Å². The Labute approximate surface area is 109 Å². The highest BCUT2D eigenvalue weighted by Gasteiger charge is 2.13. The van der Waals surface area contributed by atoms with Gasteiger partial charge in [0, 0.05) is 18.8 Å². The molecule has 18 heavy (non-hydrogen) atoms. The van der Waals surface area contributed by atoms with E-state index in [1.165, 1.54) is 38.5 Å². The molecule has 2 N–H and O–H groups in total. The molecule has 0 aromatic carbocycles. The number of imidazole rings is 1. The van der Waals surface area contributed by atoms with Crippen LogP contribution in [-0.2, 0) is 11.3 Å². The minimum Gasteiger partial charge on any atom is -0.349 e. The summed E-state index contributed by atoms with van der Waals surface area (Å²) in [6.45, 7) is 0.509. The lowest BCUT2D eigenvalue weighted by molar-refractivity contribution is -0.121. The standard InChI is InChI=1S/C14H23N3O/c18-14(17-11-13-15-9-10-16-13)8-4-7-12-5-2-1-3-6-12/h9-10,12H,1-8,11H2,(H,15,16)(H,17,18). The fourth-order valence-electron chi connectivity index (χ4n) is 2.69. The van der Waals surface area contributed by atoms with Crippen LogP contribution in [0.5, 0.6) is 0 Å². The summed E-state index contributed by atoms with van der Waals surface area (Å²) in [7, 11) is 0. The molecule has 4 heteroatoms. The molecule has 1 aromatic rings. The second-order valence-electron chi connectivity index (χ2n) is 5.21. The van der Waals surface area contributed by atoms with E-state index in [2.05, 4.69) is 15.3 Å². The van der Waals surface area contributed by atoms with Crippen molar-refractivity contribution < 1.29 is 4.79 Å². The summed E-state index contributed by atoms with van der Waals surface area (Å²) < 4.78 is 0. The molecule has 0 saturated heterocycles. The zero-order valence-corrected chi connectivity index (χ0v) is 11.0. The zero-order valence-electron chi connectivity index (χ0n) is 11.0. The van der Waals surface area contributed by atoms with Crippen molar-refractivity contribution in [3.63, 3.8) is 0 Å². The van der Waals surface area contributed by atoms with Crippen molar-refractivity contribution in [2.24, 2.45) is 5.92 Å². The molecule has 1 amide bonds. The number of rotatable bonds is 6. The molecular formula is C14H23N3O. The molecule has 0 bridgehead atoms. The summed E-state index contributed by atoms with van der Waals surface area (Å²) in [5.41, 5.74) is 0. The lowest BCUT2D eigenvalue weighted by Crippen LogP contribution is -2.23. The fraction of sp³-hybridized carbons (Fsp3) is 0.714. The number of nitrogens with one attached hydrogen (secondary N) is 2. The molecule has 1 heterocycles. The number of hydrogen-bond donors (Lipinski definition) is 2. The molecule has 0 atom stereocenters. The van der Waals surface area contributed by atoms with Gasteiger partial charge in [-0.1, -0.05) is 32.1 Å². The molecule has 2 rings (SSSR count). The van der Waals surface area contributed by atoms with E-state index in [9.17, 15) is 4.79 Å².